The lowest BCUT2D eigenvalue weighted by Crippen LogP contribution is -2.30. The fraction of sp³-hybridized carbons (Fsp3) is 0.462. The maximum Gasteiger partial charge on any atom is 0.140 e. The predicted molar refractivity (Wildman–Crippen MR) is 93.3 cm³/mol. The summed E-state index contributed by atoms with van der Waals surface area (Å²) in [5.41, 5.74) is 0. The van der Waals surface area contributed by atoms with Crippen molar-refractivity contribution < 1.29 is 4.74 Å². The Labute approximate surface area is 134 Å². The minimum atomic E-state index is -1.04. The van der Waals surface area contributed by atoms with Gasteiger partial charge in [0.1, 0.15) is 10.4 Å². The summed E-state index contributed by atoms with van der Waals surface area (Å²) in [7, 11) is -1.04. The van der Waals surface area contributed by atoms with Crippen molar-refractivity contribution >= 4 is 54.9 Å². The third-order valence-corrected chi connectivity index (χ3v) is 5.17. The molecule has 0 aliphatic carbocycles. The molecule has 0 N–H and O–H groups in total. The first-order valence-corrected chi connectivity index (χ1v) is 11.2. The molecule has 0 aliphatic heterocycles. The fourth-order valence-electron chi connectivity index (χ4n) is 1.41. The second-order valence-corrected chi connectivity index (χ2v) is 12.7. The molecule has 19 heavy (non-hydrogen) atoms. The molecule has 0 unspecified atom stereocenters. The number of aromatic nitrogens is 2. The molecule has 0 saturated heterocycles. The van der Waals surface area contributed by atoms with E-state index in [0.29, 0.717) is 11.8 Å². The Balaban J connectivity index is 2.72. The Morgan fingerprint density at radius 3 is 2.68 bits per heavy atom. The van der Waals surface area contributed by atoms with Crippen molar-refractivity contribution in [1.82, 2.24) is 9.78 Å². The summed E-state index contributed by atoms with van der Waals surface area (Å²) in [6, 6.07) is 1.15. The zero-order valence-electron chi connectivity index (χ0n) is 11.7. The van der Waals surface area contributed by atoms with E-state index < -0.39 is 8.07 Å². The molecule has 0 aliphatic rings. The highest BCUT2D eigenvalue weighted by molar-refractivity contribution is 14.1. The van der Waals surface area contributed by atoms with Gasteiger partial charge in [-0.25, -0.2) is 4.68 Å². The van der Waals surface area contributed by atoms with Gasteiger partial charge in [-0.2, -0.15) is 5.10 Å². The highest BCUT2D eigenvalue weighted by Crippen LogP contribution is 2.07. The van der Waals surface area contributed by atoms with Gasteiger partial charge in [0.2, 0.25) is 0 Å². The molecule has 0 radical (unpaired) electrons. The summed E-state index contributed by atoms with van der Waals surface area (Å²) in [6.07, 6.45) is 1.78. The molecule has 1 aromatic heterocycles. The van der Waals surface area contributed by atoms with Crippen molar-refractivity contribution in [3.63, 3.8) is 0 Å². The second kappa shape index (κ2) is 7.06. The number of allylic oxidation sites excluding steroid dienone is 1. The molecule has 6 heteroatoms. The Morgan fingerprint density at radius 2 is 2.16 bits per heavy atom. The van der Waals surface area contributed by atoms with Gasteiger partial charge < -0.3 is 4.74 Å². The first-order chi connectivity index (χ1) is 8.70. The Hall–Kier alpha value is -0.113. The Morgan fingerprint density at radius 1 is 1.53 bits per heavy atom. The van der Waals surface area contributed by atoms with Gasteiger partial charge in [-0.3, -0.25) is 0 Å². The quantitative estimate of drug-likeness (QED) is 0.410. The molecule has 3 nitrogen and oxygen atoms in total. The Bertz CT molecular complexity index is 562. The molecule has 1 heterocycles. The van der Waals surface area contributed by atoms with Gasteiger partial charge in [0, 0.05) is 24.9 Å². The van der Waals surface area contributed by atoms with Crippen LogP contribution in [0, 0.1) is 3.70 Å². The topological polar surface area (TPSA) is 27.1 Å². The van der Waals surface area contributed by atoms with Gasteiger partial charge in [0.25, 0.3) is 0 Å². The van der Waals surface area contributed by atoms with Crippen molar-refractivity contribution in [2.75, 3.05) is 6.61 Å². The zero-order chi connectivity index (χ0) is 14.6. The molecule has 0 spiro atoms. The molecule has 1 aromatic rings. The summed E-state index contributed by atoms with van der Waals surface area (Å²) in [4.78, 5) is 0. The largest absolute Gasteiger partial charge is 0.360 e. The average molecular weight is 411 g/mol. The second-order valence-electron chi connectivity index (χ2n) is 5.59. The van der Waals surface area contributed by atoms with E-state index in [2.05, 4.69) is 60.5 Å². The van der Waals surface area contributed by atoms with E-state index in [-0.39, 0.29) is 0 Å². The van der Waals surface area contributed by atoms with Crippen LogP contribution in [-0.2, 0) is 11.5 Å². The third-order valence-electron chi connectivity index (χ3n) is 2.56. The molecule has 0 amide bonds. The summed E-state index contributed by atoms with van der Waals surface area (Å²) < 4.78 is 8.29. The van der Waals surface area contributed by atoms with Crippen LogP contribution in [-0.4, -0.2) is 24.5 Å². The smallest absolute Gasteiger partial charge is 0.140 e. The van der Waals surface area contributed by atoms with Gasteiger partial charge in [-0.1, -0.05) is 44.4 Å². The van der Waals surface area contributed by atoms with Crippen LogP contribution in [0.5, 0.6) is 0 Å². The van der Waals surface area contributed by atoms with Crippen molar-refractivity contribution in [2.24, 2.45) is 0 Å². The van der Waals surface area contributed by atoms with Crippen molar-refractivity contribution in [2.45, 2.75) is 32.4 Å². The minimum absolute atomic E-state index is 0.432. The van der Waals surface area contributed by atoms with Crippen molar-refractivity contribution in [1.29, 1.82) is 0 Å². The van der Waals surface area contributed by atoms with E-state index in [1.165, 1.54) is 0 Å². The first-order valence-electron chi connectivity index (χ1n) is 6.06. The van der Waals surface area contributed by atoms with E-state index in [4.69, 9.17) is 16.3 Å². The number of nitrogens with zero attached hydrogens (tertiary/aromatic N) is 2. The van der Waals surface area contributed by atoms with Crippen LogP contribution in [0.25, 0.3) is 12.7 Å². The fourth-order valence-corrected chi connectivity index (χ4v) is 3.01. The lowest BCUT2D eigenvalue weighted by molar-refractivity contribution is 0.0763. The van der Waals surface area contributed by atoms with Crippen LogP contribution in [0.15, 0.2) is 11.6 Å². The van der Waals surface area contributed by atoms with E-state index in [1.54, 1.807) is 10.8 Å². The average Bonchev–Trinajstić information content (AvgIpc) is 2.50. The van der Waals surface area contributed by atoms with E-state index in [9.17, 15) is 0 Å². The summed E-state index contributed by atoms with van der Waals surface area (Å²) in [5.74, 6) is 0. The Kier molecular flexibility index (Phi) is 6.29. The third kappa shape index (κ3) is 5.81. The maximum atomic E-state index is 5.80. The van der Waals surface area contributed by atoms with Gasteiger partial charge in [-0.05, 0) is 34.7 Å². The maximum absolute atomic E-state index is 5.80. The SMILES string of the molecule is C=C(Cl)/C=c1/c(I)nn(COCC[Si](C)(C)C)c1=C. The standard InChI is InChI=1S/C13H20ClIN2OSi/c1-10(14)8-12-11(2)17(16-13(12)15)9-18-6-7-19(3,4)5/h8H,1-2,6-7,9H2,3-5H3/b12-8+. The monoisotopic (exact) mass is 410 g/mol. The van der Waals surface area contributed by atoms with Gasteiger partial charge in [0.05, 0.1) is 5.35 Å². The zero-order valence-corrected chi connectivity index (χ0v) is 15.6. The van der Waals surface area contributed by atoms with Crippen LogP contribution in [0.3, 0.4) is 0 Å². The van der Waals surface area contributed by atoms with Gasteiger partial charge in [-0.15, -0.1) is 0 Å². The number of halogens is 2. The van der Waals surface area contributed by atoms with Crippen molar-refractivity contribution in [3.05, 3.63) is 25.9 Å². The lowest BCUT2D eigenvalue weighted by atomic mass is 10.4. The lowest BCUT2D eigenvalue weighted by Gasteiger charge is -2.15. The van der Waals surface area contributed by atoms with E-state index in [1.807, 2.05) is 0 Å². The van der Waals surface area contributed by atoms with E-state index in [0.717, 1.165) is 26.9 Å². The van der Waals surface area contributed by atoms with Crippen LogP contribution in [0.4, 0.5) is 0 Å². The molecule has 1 rings (SSSR count). The molecule has 0 saturated carbocycles. The highest BCUT2D eigenvalue weighted by Gasteiger charge is 2.12. The minimum Gasteiger partial charge on any atom is -0.360 e. The summed E-state index contributed by atoms with van der Waals surface area (Å²) in [6.45, 7) is 15.9. The van der Waals surface area contributed by atoms with E-state index >= 15 is 0 Å². The van der Waals surface area contributed by atoms with Crippen LogP contribution in [0.1, 0.15) is 0 Å². The summed E-state index contributed by atoms with van der Waals surface area (Å²) in [5, 5.41) is 6.58. The number of rotatable bonds is 6. The van der Waals surface area contributed by atoms with Gasteiger partial charge in [0.15, 0.2) is 0 Å². The molecule has 0 bridgehead atoms. The number of hydrogen-bond acceptors (Lipinski definition) is 2. The first kappa shape index (κ1) is 16.9. The summed E-state index contributed by atoms with van der Waals surface area (Å²) >= 11 is 7.96. The normalized spacial score (nSPS) is 13.0. The highest BCUT2D eigenvalue weighted by atomic mass is 127. The molecule has 0 aromatic carbocycles. The van der Waals surface area contributed by atoms with Gasteiger partial charge >= 0.3 is 0 Å². The number of hydrogen-bond donors (Lipinski definition) is 0. The van der Waals surface area contributed by atoms with Crippen LogP contribution < -0.4 is 10.6 Å². The predicted octanol–water partition coefficient (Wildman–Crippen LogP) is 2.74. The van der Waals surface area contributed by atoms with Crippen LogP contribution >= 0.6 is 34.2 Å². The van der Waals surface area contributed by atoms with Crippen molar-refractivity contribution in [3.8, 4) is 0 Å². The molecular weight excluding hydrogens is 391 g/mol. The molecular formula is C13H20ClIN2OSi. The molecule has 0 fully saturated rings. The molecule has 106 valence electrons. The van der Waals surface area contributed by atoms with Crippen LogP contribution in [0.2, 0.25) is 25.7 Å². The molecule has 0 atom stereocenters. The number of ether oxygens (including phenoxy) is 1.